The van der Waals surface area contributed by atoms with Crippen LogP contribution in [0.25, 0.3) is 0 Å². The molecule has 0 aliphatic rings. The molecule has 0 amide bonds. The molecule has 0 aliphatic carbocycles. The van der Waals surface area contributed by atoms with Gasteiger partial charge in [0, 0.05) is 19.1 Å². The molecular formula is C15H22F3N3. The minimum absolute atomic E-state index is 0.272. The number of hydrogen-bond acceptors (Lipinski definition) is 1. The Balaban J connectivity index is 2.57. The Morgan fingerprint density at radius 1 is 1.19 bits per heavy atom. The summed E-state index contributed by atoms with van der Waals surface area (Å²) >= 11 is 0. The summed E-state index contributed by atoms with van der Waals surface area (Å²) in [6.45, 7) is 7.30. The number of halogens is 3. The first-order valence-electron chi connectivity index (χ1n) is 7.04. The van der Waals surface area contributed by atoms with Crippen LogP contribution < -0.4 is 10.6 Å². The lowest BCUT2D eigenvalue weighted by Gasteiger charge is -2.14. The molecule has 1 aromatic rings. The molecule has 118 valence electrons. The highest BCUT2D eigenvalue weighted by Gasteiger charge is 2.29. The molecule has 21 heavy (non-hydrogen) atoms. The second-order valence-corrected chi connectivity index (χ2v) is 5.00. The topological polar surface area (TPSA) is 36.4 Å². The highest BCUT2D eigenvalue weighted by atomic mass is 19.4. The number of hydrogen-bond donors (Lipinski definition) is 2. The van der Waals surface area contributed by atoms with Gasteiger partial charge in [0.15, 0.2) is 5.96 Å². The molecule has 0 aromatic heterocycles. The molecule has 0 saturated carbocycles. The number of rotatable bonds is 5. The van der Waals surface area contributed by atoms with E-state index in [9.17, 15) is 13.2 Å². The van der Waals surface area contributed by atoms with Crippen molar-refractivity contribution < 1.29 is 13.2 Å². The van der Waals surface area contributed by atoms with E-state index < -0.39 is 11.7 Å². The monoisotopic (exact) mass is 301 g/mol. The summed E-state index contributed by atoms with van der Waals surface area (Å²) in [5.74, 6) is 0.722. The van der Waals surface area contributed by atoms with E-state index in [4.69, 9.17) is 0 Å². The molecule has 0 saturated heterocycles. The predicted molar refractivity (Wildman–Crippen MR) is 79.4 cm³/mol. The summed E-state index contributed by atoms with van der Waals surface area (Å²) in [7, 11) is 0. The summed E-state index contributed by atoms with van der Waals surface area (Å²) in [5, 5.41) is 6.31. The highest BCUT2D eigenvalue weighted by Crippen LogP contribution is 2.29. The Morgan fingerprint density at radius 2 is 1.81 bits per heavy atom. The summed E-state index contributed by atoms with van der Waals surface area (Å²) in [6.07, 6.45) is -3.68. The molecule has 0 aliphatic heterocycles. The van der Waals surface area contributed by atoms with Gasteiger partial charge in [0.05, 0.1) is 5.56 Å². The van der Waals surface area contributed by atoms with Crippen molar-refractivity contribution in [2.45, 2.75) is 39.4 Å². The van der Waals surface area contributed by atoms with Crippen LogP contribution in [0.3, 0.4) is 0 Å². The van der Waals surface area contributed by atoms with Crippen molar-refractivity contribution in [1.29, 1.82) is 0 Å². The second-order valence-electron chi connectivity index (χ2n) is 5.00. The van der Waals surface area contributed by atoms with Crippen molar-refractivity contribution in [3.8, 4) is 0 Å². The number of benzene rings is 1. The third-order valence-electron chi connectivity index (χ3n) is 2.72. The van der Waals surface area contributed by atoms with Crippen molar-refractivity contribution >= 4 is 5.96 Å². The normalized spacial score (nSPS) is 12.6. The molecule has 3 nitrogen and oxygen atoms in total. The fourth-order valence-electron chi connectivity index (χ4n) is 1.75. The van der Waals surface area contributed by atoms with Gasteiger partial charge in [0.25, 0.3) is 0 Å². The number of guanidine groups is 1. The lowest BCUT2D eigenvalue weighted by Crippen LogP contribution is -2.41. The number of nitrogens with one attached hydrogen (secondary N) is 2. The quantitative estimate of drug-likeness (QED) is 0.647. The van der Waals surface area contributed by atoms with E-state index in [0.717, 1.165) is 30.2 Å². The standard InChI is InChI=1S/C15H22F3N3/c1-4-19-14(21-11(2)3)20-10-9-12-5-7-13(8-6-12)15(16,17)18/h5-8,11H,4,9-10H2,1-3H3,(H2,19,20,21). The molecule has 2 N–H and O–H groups in total. The molecular weight excluding hydrogens is 279 g/mol. The van der Waals surface area contributed by atoms with Crippen LogP contribution in [0, 0.1) is 0 Å². The third-order valence-corrected chi connectivity index (χ3v) is 2.72. The minimum atomic E-state index is -4.28. The molecule has 0 unspecified atom stereocenters. The summed E-state index contributed by atoms with van der Waals surface area (Å²) in [4.78, 5) is 4.39. The smallest absolute Gasteiger partial charge is 0.357 e. The van der Waals surface area contributed by atoms with Gasteiger partial charge in [0.1, 0.15) is 0 Å². The van der Waals surface area contributed by atoms with Crippen LogP contribution in [0.1, 0.15) is 31.9 Å². The molecule has 0 spiro atoms. The Hall–Kier alpha value is -1.72. The molecule has 1 aromatic carbocycles. The summed E-state index contributed by atoms with van der Waals surface area (Å²) in [5.41, 5.74) is 0.219. The van der Waals surface area contributed by atoms with Crippen molar-refractivity contribution in [1.82, 2.24) is 10.6 Å². The molecule has 0 radical (unpaired) electrons. The van der Waals surface area contributed by atoms with E-state index in [1.165, 1.54) is 12.1 Å². The average Bonchev–Trinajstić information content (AvgIpc) is 2.38. The summed E-state index contributed by atoms with van der Waals surface area (Å²) < 4.78 is 37.3. The zero-order valence-electron chi connectivity index (χ0n) is 12.6. The highest BCUT2D eigenvalue weighted by molar-refractivity contribution is 5.79. The van der Waals surface area contributed by atoms with E-state index in [0.29, 0.717) is 13.0 Å². The van der Waals surface area contributed by atoms with Gasteiger partial charge < -0.3 is 10.6 Å². The van der Waals surface area contributed by atoms with Crippen molar-refractivity contribution in [2.75, 3.05) is 13.1 Å². The van der Waals surface area contributed by atoms with Crippen LogP contribution >= 0.6 is 0 Å². The van der Waals surface area contributed by atoms with Gasteiger partial charge in [-0.15, -0.1) is 0 Å². The first-order chi connectivity index (χ1) is 9.82. The van der Waals surface area contributed by atoms with Gasteiger partial charge in [0.2, 0.25) is 0 Å². The molecule has 0 atom stereocenters. The molecule has 6 heteroatoms. The van der Waals surface area contributed by atoms with E-state index in [1.807, 2.05) is 20.8 Å². The van der Waals surface area contributed by atoms with Crippen LogP contribution in [0.15, 0.2) is 29.3 Å². The Bertz CT molecular complexity index is 450. The van der Waals surface area contributed by atoms with Crippen LogP contribution in [0.2, 0.25) is 0 Å². The fourth-order valence-corrected chi connectivity index (χ4v) is 1.75. The van der Waals surface area contributed by atoms with Gasteiger partial charge in [-0.2, -0.15) is 13.2 Å². The summed E-state index contributed by atoms with van der Waals surface area (Å²) in [6, 6.07) is 5.49. The second kappa shape index (κ2) is 7.90. The van der Waals surface area contributed by atoms with E-state index in [-0.39, 0.29) is 6.04 Å². The van der Waals surface area contributed by atoms with Crippen LogP contribution in [-0.2, 0) is 12.6 Å². The van der Waals surface area contributed by atoms with Gasteiger partial charge in [-0.25, -0.2) is 0 Å². The maximum Gasteiger partial charge on any atom is 0.416 e. The van der Waals surface area contributed by atoms with Gasteiger partial charge in [-0.1, -0.05) is 12.1 Å². The predicted octanol–water partition coefficient (Wildman–Crippen LogP) is 3.21. The zero-order valence-corrected chi connectivity index (χ0v) is 12.6. The van der Waals surface area contributed by atoms with Crippen LogP contribution in [0.4, 0.5) is 13.2 Å². The van der Waals surface area contributed by atoms with Crippen LogP contribution in [-0.4, -0.2) is 25.1 Å². The Labute approximate surface area is 123 Å². The maximum absolute atomic E-state index is 12.4. The largest absolute Gasteiger partial charge is 0.416 e. The van der Waals surface area contributed by atoms with Crippen molar-refractivity contribution in [3.05, 3.63) is 35.4 Å². The first kappa shape index (κ1) is 17.3. The number of aliphatic imine (C=N–C) groups is 1. The third kappa shape index (κ3) is 6.51. The Morgan fingerprint density at radius 3 is 2.29 bits per heavy atom. The van der Waals surface area contributed by atoms with Gasteiger partial charge >= 0.3 is 6.18 Å². The molecule has 0 heterocycles. The fraction of sp³-hybridized carbons (Fsp3) is 0.533. The SMILES string of the molecule is CCNC(=NCCc1ccc(C(F)(F)F)cc1)NC(C)C. The van der Waals surface area contributed by atoms with E-state index in [2.05, 4.69) is 15.6 Å². The number of alkyl halides is 3. The maximum atomic E-state index is 12.4. The first-order valence-corrected chi connectivity index (χ1v) is 7.04. The van der Waals surface area contributed by atoms with Crippen molar-refractivity contribution in [2.24, 2.45) is 4.99 Å². The Kier molecular flexibility index (Phi) is 6.52. The van der Waals surface area contributed by atoms with E-state index >= 15 is 0 Å². The van der Waals surface area contributed by atoms with E-state index in [1.54, 1.807) is 0 Å². The minimum Gasteiger partial charge on any atom is -0.357 e. The lowest BCUT2D eigenvalue weighted by atomic mass is 10.1. The average molecular weight is 301 g/mol. The van der Waals surface area contributed by atoms with Crippen LogP contribution in [0.5, 0.6) is 0 Å². The van der Waals surface area contributed by atoms with Gasteiger partial charge in [-0.05, 0) is 44.9 Å². The molecule has 0 fully saturated rings. The molecule has 1 rings (SSSR count). The van der Waals surface area contributed by atoms with Gasteiger partial charge in [-0.3, -0.25) is 4.99 Å². The zero-order chi connectivity index (χ0) is 15.9. The van der Waals surface area contributed by atoms with Crippen molar-refractivity contribution in [3.63, 3.8) is 0 Å². The number of nitrogens with zero attached hydrogens (tertiary/aromatic N) is 1. The molecule has 0 bridgehead atoms. The lowest BCUT2D eigenvalue weighted by molar-refractivity contribution is -0.137.